The van der Waals surface area contributed by atoms with Crippen molar-refractivity contribution in [3.63, 3.8) is 0 Å². The van der Waals surface area contributed by atoms with E-state index in [0.717, 1.165) is 38.0 Å². The summed E-state index contributed by atoms with van der Waals surface area (Å²) in [6.07, 6.45) is 4.16. The number of hydrogen-bond donors (Lipinski definition) is 3. The minimum Gasteiger partial charge on any atom is -0.462 e. The first kappa shape index (κ1) is 24.2. The fraction of sp³-hybridized carbons (Fsp3) is 0.640. The zero-order chi connectivity index (χ0) is 23.5. The lowest BCUT2D eigenvalue weighted by Crippen LogP contribution is -2.49. The van der Waals surface area contributed by atoms with Crippen molar-refractivity contribution in [3.8, 4) is 0 Å². The molecule has 1 amide bonds. The van der Waals surface area contributed by atoms with Crippen molar-refractivity contribution in [2.24, 2.45) is 23.0 Å². The summed E-state index contributed by atoms with van der Waals surface area (Å²) in [5.41, 5.74) is 8.28. The fourth-order valence-corrected chi connectivity index (χ4v) is 4.74. The van der Waals surface area contributed by atoms with Crippen molar-refractivity contribution in [1.82, 2.24) is 0 Å². The standard InChI is InChI=1S/C25H37N3O4/c1-5-31-24(30)15-8-9-20-18(13-15)21(26)17(10-11-25(2,3)4)22(28-20)19(23(27)29)14-16-7-6-12-32-16/h8-9,13,16-17,19,22,26,28H,5-7,10-12,14H2,1-4H3,(H2,27,29). The molecule has 1 saturated heterocycles. The molecule has 4 atom stereocenters. The molecule has 2 heterocycles. The van der Waals surface area contributed by atoms with Gasteiger partial charge in [0.05, 0.1) is 24.2 Å². The Morgan fingerprint density at radius 1 is 1.34 bits per heavy atom. The number of rotatable bonds is 8. The van der Waals surface area contributed by atoms with E-state index in [9.17, 15) is 9.59 Å². The fourth-order valence-electron chi connectivity index (χ4n) is 4.74. The Hall–Kier alpha value is -2.41. The molecule has 0 spiro atoms. The summed E-state index contributed by atoms with van der Waals surface area (Å²) >= 11 is 0. The number of carbonyl (C=O) groups is 2. The van der Waals surface area contributed by atoms with E-state index >= 15 is 0 Å². The molecule has 1 aromatic carbocycles. The van der Waals surface area contributed by atoms with Gasteiger partial charge in [0.1, 0.15) is 0 Å². The van der Waals surface area contributed by atoms with Gasteiger partial charge in [-0.15, -0.1) is 0 Å². The van der Waals surface area contributed by atoms with Crippen LogP contribution in [-0.2, 0) is 14.3 Å². The number of anilines is 1. The highest BCUT2D eigenvalue weighted by molar-refractivity contribution is 6.08. The van der Waals surface area contributed by atoms with Crippen LogP contribution >= 0.6 is 0 Å². The Balaban J connectivity index is 1.94. The van der Waals surface area contributed by atoms with Crippen LogP contribution in [0.4, 0.5) is 5.69 Å². The van der Waals surface area contributed by atoms with Crippen LogP contribution in [0.2, 0.25) is 0 Å². The van der Waals surface area contributed by atoms with Crippen LogP contribution in [0, 0.1) is 22.7 Å². The molecule has 1 aromatic rings. The molecule has 0 bridgehead atoms. The molecule has 32 heavy (non-hydrogen) atoms. The summed E-state index contributed by atoms with van der Waals surface area (Å²) in [5.74, 6) is -1.40. The van der Waals surface area contributed by atoms with Crippen molar-refractivity contribution >= 4 is 23.3 Å². The van der Waals surface area contributed by atoms with E-state index in [4.69, 9.17) is 20.6 Å². The summed E-state index contributed by atoms with van der Waals surface area (Å²) in [7, 11) is 0. The van der Waals surface area contributed by atoms with E-state index in [0.29, 0.717) is 29.9 Å². The first-order valence-corrected chi connectivity index (χ1v) is 11.7. The van der Waals surface area contributed by atoms with Crippen molar-refractivity contribution < 1.29 is 19.1 Å². The second kappa shape index (κ2) is 10.0. The number of ether oxygens (including phenoxy) is 2. The molecule has 0 saturated carbocycles. The maximum atomic E-state index is 12.6. The van der Waals surface area contributed by atoms with Crippen molar-refractivity contribution in [3.05, 3.63) is 29.3 Å². The predicted molar refractivity (Wildman–Crippen MR) is 125 cm³/mol. The zero-order valence-electron chi connectivity index (χ0n) is 19.7. The lowest BCUT2D eigenvalue weighted by Gasteiger charge is -2.40. The summed E-state index contributed by atoms with van der Waals surface area (Å²) in [5, 5.41) is 12.6. The maximum Gasteiger partial charge on any atom is 0.338 e. The average molecular weight is 444 g/mol. The predicted octanol–water partition coefficient (Wildman–Crippen LogP) is 4.14. The highest BCUT2D eigenvalue weighted by Crippen LogP contribution is 2.38. The van der Waals surface area contributed by atoms with Gasteiger partial charge in [-0.25, -0.2) is 4.79 Å². The largest absolute Gasteiger partial charge is 0.462 e. The molecule has 2 aliphatic rings. The Morgan fingerprint density at radius 3 is 2.69 bits per heavy atom. The van der Waals surface area contributed by atoms with Crippen molar-refractivity contribution in [1.29, 1.82) is 5.41 Å². The average Bonchev–Trinajstić information content (AvgIpc) is 3.23. The van der Waals surface area contributed by atoms with Gasteiger partial charge in [-0.05, 0) is 62.6 Å². The third-order valence-electron chi connectivity index (χ3n) is 6.49. The summed E-state index contributed by atoms with van der Waals surface area (Å²) in [6.45, 7) is 9.30. The van der Waals surface area contributed by atoms with Gasteiger partial charge >= 0.3 is 5.97 Å². The van der Waals surface area contributed by atoms with Crippen LogP contribution in [-0.4, -0.2) is 42.9 Å². The molecule has 0 aromatic heterocycles. The van der Waals surface area contributed by atoms with Crippen LogP contribution in [0.1, 0.15) is 75.7 Å². The summed E-state index contributed by atoms with van der Waals surface area (Å²) in [4.78, 5) is 24.8. The number of nitrogens with one attached hydrogen (secondary N) is 2. The van der Waals surface area contributed by atoms with Crippen LogP contribution in [0.25, 0.3) is 0 Å². The number of esters is 1. The molecule has 3 rings (SSSR count). The minimum absolute atomic E-state index is 0.0272. The molecule has 7 nitrogen and oxygen atoms in total. The van der Waals surface area contributed by atoms with Crippen LogP contribution in [0.15, 0.2) is 18.2 Å². The Bertz CT molecular complexity index is 855. The second-order valence-electron chi connectivity index (χ2n) is 10.2. The number of fused-ring (bicyclic) bond motifs is 1. The molecule has 2 aliphatic heterocycles. The van der Waals surface area contributed by atoms with Crippen LogP contribution in [0.5, 0.6) is 0 Å². The molecule has 176 valence electrons. The van der Waals surface area contributed by atoms with Gasteiger partial charge in [0, 0.05) is 35.5 Å². The molecule has 1 fully saturated rings. The van der Waals surface area contributed by atoms with E-state index in [2.05, 4.69) is 26.1 Å². The third-order valence-corrected chi connectivity index (χ3v) is 6.49. The van der Waals surface area contributed by atoms with Crippen molar-refractivity contribution in [2.75, 3.05) is 18.5 Å². The molecular formula is C25H37N3O4. The lowest BCUT2D eigenvalue weighted by molar-refractivity contribution is -0.123. The SMILES string of the molecule is CCOC(=O)c1ccc2c(c1)C(=N)C(CCC(C)(C)C)C(C(CC1CCCO1)C(N)=O)N2. The van der Waals surface area contributed by atoms with Crippen LogP contribution < -0.4 is 11.1 Å². The zero-order valence-corrected chi connectivity index (χ0v) is 19.7. The van der Waals surface area contributed by atoms with Gasteiger partial charge < -0.3 is 25.9 Å². The number of benzene rings is 1. The van der Waals surface area contributed by atoms with Gasteiger partial charge in [-0.1, -0.05) is 20.8 Å². The Labute approximate surface area is 190 Å². The second-order valence-corrected chi connectivity index (χ2v) is 10.2. The maximum absolute atomic E-state index is 12.6. The molecule has 0 radical (unpaired) electrons. The molecule has 0 aliphatic carbocycles. The quantitative estimate of drug-likeness (QED) is 0.523. The van der Waals surface area contributed by atoms with E-state index in [-0.39, 0.29) is 29.4 Å². The summed E-state index contributed by atoms with van der Waals surface area (Å²) in [6, 6.07) is 4.94. The number of amides is 1. The van der Waals surface area contributed by atoms with Gasteiger partial charge in [-0.3, -0.25) is 4.79 Å². The van der Waals surface area contributed by atoms with E-state index < -0.39 is 11.9 Å². The first-order chi connectivity index (χ1) is 15.1. The summed E-state index contributed by atoms with van der Waals surface area (Å²) < 4.78 is 10.9. The van der Waals surface area contributed by atoms with E-state index in [1.54, 1.807) is 25.1 Å². The normalized spacial score (nSPS) is 23.9. The number of nitrogens with two attached hydrogens (primary N) is 1. The first-order valence-electron chi connectivity index (χ1n) is 11.7. The monoisotopic (exact) mass is 443 g/mol. The van der Waals surface area contributed by atoms with Crippen LogP contribution in [0.3, 0.4) is 0 Å². The number of carbonyl (C=O) groups excluding carboxylic acids is 2. The molecule has 4 unspecified atom stereocenters. The Morgan fingerprint density at radius 2 is 2.09 bits per heavy atom. The minimum atomic E-state index is -0.443. The number of primary amides is 1. The van der Waals surface area contributed by atoms with E-state index in [1.807, 2.05) is 0 Å². The number of hydrogen-bond acceptors (Lipinski definition) is 6. The van der Waals surface area contributed by atoms with Gasteiger partial charge in [0.2, 0.25) is 5.91 Å². The topological polar surface area (TPSA) is 114 Å². The van der Waals surface area contributed by atoms with Crippen molar-refractivity contribution in [2.45, 2.75) is 71.9 Å². The molecule has 7 heteroatoms. The highest BCUT2D eigenvalue weighted by Gasteiger charge is 2.41. The Kier molecular flexibility index (Phi) is 7.59. The lowest BCUT2D eigenvalue weighted by atomic mass is 9.73. The molecule has 4 N–H and O–H groups in total. The third kappa shape index (κ3) is 5.68. The van der Waals surface area contributed by atoms with Gasteiger partial charge in [-0.2, -0.15) is 0 Å². The van der Waals surface area contributed by atoms with Gasteiger partial charge in [0.15, 0.2) is 0 Å². The van der Waals surface area contributed by atoms with E-state index in [1.165, 1.54) is 0 Å². The molecular weight excluding hydrogens is 406 g/mol. The van der Waals surface area contributed by atoms with Gasteiger partial charge in [0.25, 0.3) is 0 Å². The highest BCUT2D eigenvalue weighted by atomic mass is 16.5. The smallest absolute Gasteiger partial charge is 0.338 e.